The number of nitrogens with zero attached hydrogens (tertiary/aromatic N) is 5. The van der Waals surface area contributed by atoms with E-state index in [1.54, 1.807) is 0 Å². The summed E-state index contributed by atoms with van der Waals surface area (Å²) in [5.74, 6) is 1.90. The zero-order chi connectivity index (χ0) is 17.2. The molecule has 136 valence electrons. The van der Waals surface area contributed by atoms with Gasteiger partial charge < -0.3 is 9.09 Å². The maximum absolute atomic E-state index is 5.58. The summed E-state index contributed by atoms with van der Waals surface area (Å²) in [6.45, 7) is 6.20. The molecular formula is C19H29N5O. The third-order valence-corrected chi connectivity index (χ3v) is 5.70. The monoisotopic (exact) mass is 343 g/mol. The van der Waals surface area contributed by atoms with Gasteiger partial charge in [-0.25, -0.2) is 4.98 Å². The van der Waals surface area contributed by atoms with Crippen molar-refractivity contribution in [1.29, 1.82) is 0 Å². The fourth-order valence-electron chi connectivity index (χ4n) is 4.26. The van der Waals surface area contributed by atoms with Crippen molar-refractivity contribution in [1.82, 2.24) is 24.6 Å². The first-order valence-corrected chi connectivity index (χ1v) is 9.80. The zero-order valence-corrected chi connectivity index (χ0v) is 15.4. The molecule has 0 N–H and O–H groups in total. The van der Waals surface area contributed by atoms with E-state index >= 15 is 0 Å². The van der Waals surface area contributed by atoms with Gasteiger partial charge in [0.05, 0.1) is 18.1 Å². The lowest BCUT2D eigenvalue weighted by atomic mass is 9.95. The van der Waals surface area contributed by atoms with Crippen LogP contribution in [0, 0.1) is 0 Å². The van der Waals surface area contributed by atoms with E-state index in [0.29, 0.717) is 12.0 Å². The van der Waals surface area contributed by atoms with Gasteiger partial charge >= 0.3 is 0 Å². The Labute approximate surface area is 149 Å². The first kappa shape index (κ1) is 16.8. The van der Waals surface area contributed by atoms with E-state index in [2.05, 4.69) is 38.4 Å². The van der Waals surface area contributed by atoms with E-state index in [1.807, 2.05) is 12.5 Å². The third kappa shape index (κ3) is 3.50. The van der Waals surface area contributed by atoms with Gasteiger partial charge in [0, 0.05) is 24.7 Å². The molecule has 2 aliphatic rings. The highest BCUT2D eigenvalue weighted by atomic mass is 16.5. The topological polar surface area (TPSA) is 60.0 Å². The van der Waals surface area contributed by atoms with E-state index in [9.17, 15) is 0 Å². The molecule has 0 aromatic carbocycles. The van der Waals surface area contributed by atoms with Gasteiger partial charge in [-0.3, -0.25) is 4.90 Å². The second kappa shape index (κ2) is 7.28. The number of rotatable bonds is 5. The van der Waals surface area contributed by atoms with Crippen molar-refractivity contribution in [2.24, 2.45) is 0 Å². The molecule has 1 saturated heterocycles. The second-order valence-electron chi connectivity index (χ2n) is 7.86. The Hall–Kier alpha value is -1.69. The lowest BCUT2D eigenvalue weighted by molar-refractivity contribution is 0.194. The Bertz CT molecular complexity index is 686. The summed E-state index contributed by atoms with van der Waals surface area (Å²) in [6.07, 6.45) is 13.0. The summed E-state index contributed by atoms with van der Waals surface area (Å²) >= 11 is 0. The lowest BCUT2D eigenvalue weighted by Gasteiger charge is -2.27. The molecule has 0 amide bonds. The smallest absolute Gasteiger partial charge is 0.244 e. The number of likely N-dealkylation sites (tertiary alicyclic amines) is 1. The van der Waals surface area contributed by atoms with E-state index < -0.39 is 0 Å². The predicted octanol–water partition coefficient (Wildman–Crippen LogP) is 4.23. The lowest BCUT2D eigenvalue weighted by Crippen LogP contribution is -2.25. The van der Waals surface area contributed by atoms with Gasteiger partial charge in [0.15, 0.2) is 5.82 Å². The fourth-order valence-corrected chi connectivity index (χ4v) is 4.26. The van der Waals surface area contributed by atoms with Crippen molar-refractivity contribution in [3.05, 3.63) is 29.9 Å². The van der Waals surface area contributed by atoms with Crippen molar-refractivity contribution in [2.75, 3.05) is 6.54 Å². The van der Waals surface area contributed by atoms with Crippen LogP contribution in [0.4, 0.5) is 0 Å². The molecule has 6 heteroatoms. The Morgan fingerprint density at radius 2 is 2.00 bits per heavy atom. The van der Waals surface area contributed by atoms with Crippen molar-refractivity contribution in [2.45, 2.75) is 83.3 Å². The molecule has 25 heavy (non-hydrogen) atoms. The van der Waals surface area contributed by atoms with Crippen LogP contribution in [0.2, 0.25) is 0 Å². The first-order valence-electron chi connectivity index (χ1n) is 9.80. The summed E-state index contributed by atoms with van der Waals surface area (Å²) in [4.78, 5) is 11.6. The van der Waals surface area contributed by atoms with Crippen LogP contribution in [0.3, 0.4) is 0 Å². The molecule has 4 rings (SSSR count). The molecule has 1 unspecified atom stereocenters. The molecule has 2 aromatic heterocycles. The molecule has 0 radical (unpaired) electrons. The summed E-state index contributed by atoms with van der Waals surface area (Å²) in [7, 11) is 0. The van der Waals surface area contributed by atoms with E-state index in [1.165, 1.54) is 44.2 Å². The van der Waals surface area contributed by atoms with Gasteiger partial charge in [0.1, 0.15) is 0 Å². The minimum atomic E-state index is 0.245. The summed E-state index contributed by atoms with van der Waals surface area (Å²) < 4.78 is 8.00. The molecule has 1 atom stereocenters. The molecule has 0 spiro atoms. The van der Waals surface area contributed by atoms with Crippen molar-refractivity contribution < 1.29 is 4.52 Å². The van der Waals surface area contributed by atoms with Crippen molar-refractivity contribution in [3.63, 3.8) is 0 Å². The van der Waals surface area contributed by atoms with Crippen LogP contribution < -0.4 is 0 Å². The second-order valence-corrected chi connectivity index (χ2v) is 7.86. The molecule has 2 fully saturated rings. The average molecular weight is 343 g/mol. The molecule has 1 saturated carbocycles. The first-order chi connectivity index (χ1) is 12.2. The number of hydrogen-bond acceptors (Lipinski definition) is 5. The van der Waals surface area contributed by atoms with Gasteiger partial charge in [0.25, 0.3) is 0 Å². The standard InChI is InChI=1S/C19H29N5O/c1-14(2)18-21-19(25-22-18)17-9-6-10-23(17)12-16-11-20-13-24(16)15-7-4-3-5-8-15/h11,13-15,17H,3-10,12H2,1-2H3. The van der Waals surface area contributed by atoms with Crippen LogP contribution in [0.15, 0.2) is 17.0 Å². The molecule has 1 aliphatic heterocycles. The maximum Gasteiger partial charge on any atom is 0.244 e. The van der Waals surface area contributed by atoms with Gasteiger partial charge in [-0.1, -0.05) is 38.3 Å². The fraction of sp³-hybridized carbons (Fsp3) is 0.737. The normalized spacial score (nSPS) is 22.9. The summed E-state index contributed by atoms with van der Waals surface area (Å²) in [5.41, 5.74) is 1.32. The highest BCUT2D eigenvalue weighted by molar-refractivity contribution is 5.05. The van der Waals surface area contributed by atoms with Crippen LogP contribution in [-0.2, 0) is 6.54 Å². The van der Waals surface area contributed by atoms with Crippen LogP contribution in [0.5, 0.6) is 0 Å². The zero-order valence-electron chi connectivity index (χ0n) is 15.4. The largest absolute Gasteiger partial charge is 0.338 e. The van der Waals surface area contributed by atoms with Crippen molar-refractivity contribution in [3.8, 4) is 0 Å². The molecule has 3 heterocycles. The average Bonchev–Trinajstić information content (AvgIpc) is 3.36. The van der Waals surface area contributed by atoms with Crippen LogP contribution in [0.25, 0.3) is 0 Å². The SMILES string of the molecule is CC(C)c1noc(C2CCCN2Cc2cncn2C2CCCCC2)n1. The summed E-state index contributed by atoms with van der Waals surface area (Å²) in [6, 6.07) is 0.873. The van der Waals surface area contributed by atoms with E-state index in [4.69, 9.17) is 4.52 Å². The Morgan fingerprint density at radius 1 is 1.16 bits per heavy atom. The minimum Gasteiger partial charge on any atom is -0.338 e. The Kier molecular flexibility index (Phi) is 4.88. The van der Waals surface area contributed by atoms with E-state index in [0.717, 1.165) is 31.2 Å². The van der Waals surface area contributed by atoms with Crippen LogP contribution in [-0.4, -0.2) is 31.1 Å². The maximum atomic E-state index is 5.58. The molecule has 6 nitrogen and oxygen atoms in total. The Morgan fingerprint density at radius 3 is 2.76 bits per heavy atom. The van der Waals surface area contributed by atoms with E-state index in [-0.39, 0.29) is 6.04 Å². The number of imidazole rings is 1. The van der Waals surface area contributed by atoms with Crippen LogP contribution >= 0.6 is 0 Å². The molecule has 0 bridgehead atoms. The van der Waals surface area contributed by atoms with Gasteiger partial charge in [-0.05, 0) is 32.2 Å². The third-order valence-electron chi connectivity index (χ3n) is 5.70. The molecule has 2 aromatic rings. The predicted molar refractivity (Wildman–Crippen MR) is 95.1 cm³/mol. The molecular weight excluding hydrogens is 314 g/mol. The van der Waals surface area contributed by atoms with Gasteiger partial charge in [0.2, 0.25) is 5.89 Å². The highest BCUT2D eigenvalue weighted by Crippen LogP contribution is 2.34. The number of aromatic nitrogens is 4. The highest BCUT2D eigenvalue weighted by Gasteiger charge is 2.32. The molecule has 1 aliphatic carbocycles. The summed E-state index contributed by atoms with van der Waals surface area (Å²) in [5, 5.41) is 4.15. The minimum absolute atomic E-state index is 0.245. The number of hydrogen-bond donors (Lipinski definition) is 0. The van der Waals surface area contributed by atoms with Gasteiger partial charge in [-0.2, -0.15) is 4.98 Å². The quantitative estimate of drug-likeness (QED) is 0.813. The van der Waals surface area contributed by atoms with Gasteiger partial charge in [-0.15, -0.1) is 0 Å². The Balaban J connectivity index is 1.49. The van der Waals surface area contributed by atoms with Crippen LogP contribution in [0.1, 0.15) is 94.2 Å². The van der Waals surface area contributed by atoms with Crippen molar-refractivity contribution >= 4 is 0 Å².